The Hall–Kier alpha value is -1.33. The van der Waals surface area contributed by atoms with Crippen LogP contribution in [0.1, 0.15) is 23.6 Å². The van der Waals surface area contributed by atoms with Crippen LogP contribution in [0.3, 0.4) is 0 Å². The summed E-state index contributed by atoms with van der Waals surface area (Å²) in [6, 6.07) is 22.0. The highest BCUT2D eigenvalue weighted by Gasteiger charge is 2.31. The van der Waals surface area contributed by atoms with E-state index in [0.29, 0.717) is 10.0 Å². The molecule has 0 amide bonds. The maximum Gasteiger partial charge on any atom is 0.0846 e. The SMILES string of the molecule is Clc1ccc(C2CC(c3ccc(Br)cc3)=NN2c2ccc(Br)cc2)c(Cl)c1. The molecule has 0 aliphatic carbocycles. The van der Waals surface area contributed by atoms with Crippen molar-refractivity contribution < 1.29 is 0 Å². The van der Waals surface area contributed by atoms with Crippen molar-refractivity contribution in [1.82, 2.24) is 0 Å². The predicted molar refractivity (Wildman–Crippen MR) is 121 cm³/mol. The zero-order valence-corrected chi connectivity index (χ0v) is 18.7. The molecular formula is C21H14Br2Cl2N2. The van der Waals surface area contributed by atoms with Crippen LogP contribution in [0.2, 0.25) is 10.0 Å². The van der Waals surface area contributed by atoms with E-state index in [1.165, 1.54) is 0 Å². The molecule has 0 spiro atoms. The first-order valence-corrected chi connectivity index (χ1v) is 10.7. The van der Waals surface area contributed by atoms with E-state index in [4.69, 9.17) is 28.3 Å². The lowest BCUT2D eigenvalue weighted by molar-refractivity contribution is 0.709. The molecule has 0 fully saturated rings. The zero-order chi connectivity index (χ0) is 19.0. The number of nitrogens with zero attached hydrogens (tertiary/aromatic N) is 2. The highest BCUT2D eigenvalue weighted by atomic mass is 79.9. The largest absolute Gasteiger partial charge is 0.257 e. The number of halogens is 4. The van der Waals surface area contributed by atoms with Crippen LogP contribution in [0.5, 0.6) is 0 Å². The molecule has 3 aromatic carbocycles. The standard InChI is InChI=1S/C21H14Br2Cl2N2/c22-14-3-1-13(2-4-14)20-12-21(18-10-7-16(24)11-19(18)25)27(26-20)17-8-5-15(23)6-9-17/h1-11,21H,12H2. The van der Waals surface area contributed by atoms with E-state index >= 15 is 0 Å². The Morgan fingerprint density at radius 2 is 1.48 bits per heavy atom. The normalized spacial score (nSPS) is 16.5. The van der Waals surface area contributed by atoms with E-state index in [1.54, 1.807) is 6.07 Å². The first-order chi connectivity index (χ1) is 13.0. The number of anilines is 1. The van der Waals surface area contributed by atoms with E-state index in [-0.39, 0.29) is 6.04 Å². The molecule has 0 saturated heterocycles. The van der Waals surface area contributed by atoms with Gasteiger partial charge < -0.3 is 0 Å². The van der Waals surface area contributed by atoms with E-state index in [2.05, 4.69) is 56.1 Å². The van der Waals surface area contributed by atoms with E-state index < -0.39 is 0 Å². The fourth-order valence-electron chi connectivity index (χ4n) is 3.17. The van der Waals surface area contributed by atoms with Crippen molar-refractivity contribution >= 4 is 66.5 Å². The number of hydrazone groups is 1. The van der Waals surface area contributed by atoms with Crippen LogP contribution in [0.15, 0.2) is 80.8 Å². The quantitative estimate of drug-likeness (QED) is 0.340. The van der Waals surface area contributed by atoms with Gasteiger partial charge in [-0.25, -0.2) is 0 Å². The third kappa shape index (κ3) is 4.09. The van der Waals surface area contributed by atoms with Crippen LogP contribution in [0, 0.1) is 0 Å². The van der Waals surface area contributed by atoms with Gasteiger partial charge in [0.05, 0.1) is 17.4 Å². The number of rotatable bonds is 3. The molecule has 2 nitrogen and oxygen atoms in total. The van der Waals surface area contributed by atoms with Crippen LogP contribution in [-0.4, -0.2) is 5.71 Å². The Balaban J connectivity index is 1.77. The lowest BCUT2D eigenvalue weighted by Crippen LogP contribution is -2.18. The minimum absolute atomic E-state index is 0.00888. The minimum atomic E-state index is 0.00888. The summed E-state index contributed by atoms with van der Waals surface area (Å²) in [4.78, 5) is 0. The van der Waals surface area contributed by atoms with Gasteiger partial charge in [-0.15, -0.1) is 0 Å². The van der Waals surface area contributed by atoms with Crippen molar-refractivity contribution in [2.24, 2.45) is 5.10 Å². The molecule has 0 N–H and O–H groups in total. The molecule has 0 aromatic heterocycles. The minimum Gasteiger partial charge on any atom is -0.257 e. The van der Waals surface area contributed by atoms with E-state index in [0.717, 1.165) is 37.9 Å². The van der Waals surface area contributed by atoms with Crippen LogP contribution in [0.25, 0.3) is 0 Å². The van der Waals surface area contributed by atoms with Crippen molar-refractivity contribution in [3.63, 3.8) is 0 Å². The molecule has 1 aliphatic rings. The van der Waals surface area contributed by atoms with Gasteiger partial charge in [-0.05, 0) is 59.7 Å². The molecule has 0 bridgehead atoms. The number of hydrogen-bond acceptors (Lipinski definition) is 2. The molecule has 3 aromatic rings. The Morgan fingerprint density at radius 3 is 2.11 bits per heavy atom. The van der Waals surface area contributed by atoms with Gasteiger partial charge in [0.1, 0.15) is 0 Å². The fraction of sp³-hybridized carbons (Fsp3) is 0.0952. The molecule has 27 heavy (non-hydrogen) atoms. The predicted octanol–water partition coefficient (Wildman–Crippen LogP) is 7.87. The van der Waals surface area contributed by atoms with Crippen molar-refractivity contribution in [2.45, 2.75) is 12.5 Å². The third-order valence-electron chi connectivity index (χ3n) is 4.50. The second kappa shape index (κ2) is 7.96. The Kier molecular flexibility index (Phi) is 5.60. The average molecular weight is 525 g/mol. The van der Waals surface area contributed by atoms with Gasteiger partial charge in [0.2, 0.25) is 0 Å². The molecule has 1 unspecified atom stereocenters. The summed E-state index contributed by atoms with van der Waals surface area (Å²) in [5, 5.41) is 8.26. The summed E-state index contributed by atoms with van der Waals surface area (Å²) >= 11 is 19.6. The molecule has 1 atom stereocenters. The summed E-state index contributed by atoms with van der Waals surface area (Å²) in [5.41, 5.74) is 4.16. The van der Waals surface area contributed by atoms with Crippen LogP contribution >= 0.6 is 55.1 Å². The zero-order valence-electron chi connectivity index (χ0n) is 14.0. The van der Waals surface area contributed by atoms with Crippen molar-refractivity contribution in [1.29, 1.82) is 0 Å². The molecule has 0 radical (unpaired) electrons. The number of hydrogen-bond donors (Lipinski definition) is 0. The molecule has 6 heteroatoms. The maximum atomic E-state index is 6.53. The van der Waals surface area contributed by atoms with Gasteiger partial charge >= 0.3 is 0 Å². The van der Waals surface area contributed by atoms with E-state index in [9.17, 15) is 0 Å². The average Bonchev–Trinajstić information content (AvgIpc) is 3.08. The maximum absolute atomic E-state index is 6.53. The van der Waals surface area contributed by atoms with Gasteiger partial charge in [-0.1, -0.05) is 73.3 Å². The highest BCUT2D eigenvalue weighted by Crippen LogP contribution is 2.40. The second-order valence-electron chi connectivity index (χ2n) is 6.26. The highest BCUT2D eigenvalue weighted by molar-refractivity contribution is 9.10. The lowest BCUT2D eigenvalue weighted by atomic mass is 9.98. The van der Waals surface area contributed by atoms with Crippen LogP contribution in [0.4, 0.5) is 5.69 Å². The summed E-state index contributed by atoms with van der Waals surface area (Å²) in [5.74, 6) is 0. The molecule has 4 rings (SSSR count). The monoisotopic (exact) mass is 522 g/mol. The summed E-state index contributed by atoms with van der Waals surface area (Å²) < 4.78 is 2.08. The second-order valence-corrected chi connectivity index (χ2v) is 8.94. The molecule has 1 aliphatic heterocycles. The van der Waals surface area contributed by atoms with Crippen molar-refractivity contribution in [3.05, 3.63) is 96.8 Å². The molecule has 136 valence electrons. The third-order valence-corrected chi connectivity index (χ3v) is 6.12. The molecule has 1 heterocycles. The summed E-state index contributed by atoms with van der Waals surface area (Å²) in [6.07, 6.45) is 0.763. The van der Waals surface area contributed by atoms with E-state index in [1.807, 2.05) is 41.4 Å². The van der Waals surface area contributed by atoms with Gasteiger partial charge in [-0.2, -0.15) is 5.10 Å². The van der Waals surface area contributed by atoms with Crippen molar-refractivity contribution in [3.8, 4) is 0 Å². The Labute approximate surface area is 185 Å². The van der Waals surface area contributed by atoms with Crippen LogP contribution in [-0.2, 0) is 0 Å². The van der Waals surface area contributed by atoms with Crippen LogP contribution < -0.4 is 5.01 Å². The lowest BCUT2D eigenvalue weighted by Gasteiger charge is -2.25. The smallest absolute Gasteiger partial charge is 0.0846 e. The molecular weight excluding hydrogens is 511 g/mol. The van der Waals surface area contributed by atoms with Crippen molar-refractivity contribution in [2.75, 3.05) is 5.01 Å². The van der Waals surface area contributed by atoms with Gasteiger partial charge in [-0.3, -0.25) is 5.01 Å². The van der Waals surface area contributed by atoms with Gasteiger partial charge in [0, 0.05) is 25.4 Å². The molecule has 0 saturated carbocycles. The first kappa shape index (κ1) is 19.0. The Morgan fingerprint density at radius 1 is 0.852 bits per heavy atom. The number of benzene rings is 3. The summed E-state index contributed by atoms with van der Waals surface area (Å²) in [7, 11) is 0. The summed E-state index contributed by atoms with van der Waals surface area (Å²) in [6.45, 7) is 0. The fourth-order valence-corrected chi connectivity index (χ4v) is 4.24. The van der Waals surface area contributed by atoms with Gasteiger partial charge in [0.15, 0.2) is 0 Å². The van der Waals surface area contributed by atoms with Gasteiger partial charge in [0.25, 0.3) is 0 Å². The Bertz CT molecular complexity index is 1000. The first-order valence-electron chi connectivity index (χ1n) is 8.34. The topological polar surface area (TPSA) is 15.6 Å².